The van der Waals surface area contributed by atoms with Crippen molar-refractivity contribution in [2.45, 2.75) is 69.3 Å². The lowest BCUT2D eigenvalue weighted by Gasteiger charge is -2.35. The molecule has 0 amide bonds. The Kier molecular flexibility index (Phi) is 21.6. The first-order valence-electron chi connectivity index (χ1n) is 16.3. The van der Waals surface area contributed by atoms with Crippen molar-refractivity contribution in [3.63, 3.8) is 0 Å². The topological polar surface area (TPSA) is 134 Å². The number of unbranched alkanes of at least 4 members (excludes halogenated alkanes) is 1. The van der Waals surface area contributed by atoms with E-state index in [2.05, 4.69) is 27.9 Å². The Morgan fingerprint density at radius 1 is 0.773 bits per heavy atom. The van der Waals surface area contributed by atoms with Crippen molar-refractivity contribution < 1.29 is 41.3 Å². The Hall–Kier alpha value is -0.810. The number of carboxylic acids is 1. The summed E-state index contributed by atoms with van der Waals surface area (Å²) in [6.45, 7) is 4.41. The minimum atomic E-state index is -1.12. The Morgan fingerprint density at radius 3 is 1.84 bits per heavy atom. The molecule has 0 bridgehead atoms. The molecule has 0 aromatic heterocycles. The van der Waals surface area contributed by atoms with E-state index in [1.165, 1.54) is 38.4 Å². The molecular weight excluding hydrogens is 644 g/mol. The Morgan fingerprint density at radius 2 is 1.32 bits per heavy atom. The summed E-state index contributed by atoms with van der Waals surface area (Å²) in [5, 5.41) is 10.9. The molecule has 44 heavy (non-hydrogen) atoms. The maximum atomic E-state index is 12.8. The summed E-state index contributed by atoms with van der Waals surface area (Å²) in [4.78, 5) is 65.5. The first kappa shape index (κ1) is 37.6. The van der Waals surface area contributed by atoms with Gasteiger partial charge in [-0.3, -0.25) is 33.8 Å². The number of carbonyl (C=O) groups excluding carboxylic acids is 4. The molecule has 1 aliphatic rings. The molecule has 0 aromatic carbocycles. The fourth-order valence-electron chi connectivity index (χ4n) is 4.55. The van der Waals surface area contributed by atoms with E-state index in [-0.39, 0.29) is 63.8 Å². The number of rotatable bonds is 28. The number of esters is 2. The normalized spacial score (nSPS) is 18.3. The largest absolute Gasteiger partial charge is 0.480 e. The van der Waals surface area contributed by atoms with E-state index in [4.69, 9.17) is 12.2 Å². The molecule has 1 N–H and O–H groups in total. The second kappa shape index (κ2) is 25.3. The van der Waals surface area contributed by atoms with E-state index in [1.807, 2.05) is 25.9 Å². The smallest absolute Gasteiger partial charge is 0.320 e. The lowest BCUT2D eigenvalue weighted by molar-refractivity contribution is -0.143. The van der Waals surface area contributed by atoms with Crippen LogP contribution in [0.5, 0.6) is 0 Å². The standard InChI is InChI=1S/C29H53N3O8P2S2/c1-3-4-15-43-25-7-8-26(25)44-16-5-6-24(34)18-32(19-27(35)36)14-12-30(10-9-28(37)39-21-41)11-13-31(17-23(2)33)20-29(38)40-22-42/h25-26H,3-22,41-42H2,1-2H3,(H,35,36)/i21T,22T. The molecule has 1 aliphatic carbocycles. The van der Waals surface area contributed by atoms with E-state index in [1.54, 1.807) is 9.80 Å². The van der Waals surface area contributed by atoms with Gasteiger partial charge in [-0.05, 0) is 44.1 Å². The molecule has 11 nitrogen and oxygen atoms in total. The summed E-state index contributed by atoms with van der Waals surface area (Å²) in [6.07, 6.45) is 3.84. The predicted octanol–water partition coefficient (Wildman–Crippen LogP) is 2.85. The molecule has 0 aliphatic heterocycles. The number of Topliss-reactive ketones (excluding diaryl/α,β-unsaturated/α-hetero) is 2. The third-order valence-corrected chi connectivity index (χ3v) is 10.4. The zero-order valence-electron chi connectivity index (χ0n) is 28.2. The van der Waals surface area contributed by atoms with Gasteiger partial charge in [0.25, 0.3) is 0 Å². The van der Waals surface area contributed by atoms with Crippen molar-refractivity contribution in [1.29, 1.82) is 0 Å². The van der Waals surface area contributed by atoms with Crippen LogP contribution in [0.3, 0.4) is 0 Å². The number of nitrogens with zero attached hydrogens (tertiary/aromatic N) is 3. The van der Waals surface area contributed by atoms with Crippen molar-refractivity contribution in [2.75, 3.05) is 83.1 Å². The van der Waals surface area contributed by atoms with E-state index in [9.17, 15) is 29.1 Å². The molecule has 0 radical (unpaired) electrons. The van der Waals surface area contributed by atoms with Gasteiger partial charge in [0.2, 0.25) is 0 Å². The van der Waals surface area contributed by atoms with Crippen LogP contribution in [0.4, 0.5) is 0 Å². The van der Waals surface area contributed by atoms with Crippen molar-refractivity contribution in [2.24, 2.45) is 0 Å². The summed E-state index contributed by atoms with van der Waals surface area (Å²) < 4.78 is 24.6. The molecule has 0 spiro atoms. The van der Waals surface area contributed by atoms with Gasteiger partial charge < -0.3 is 19.5 Å². The van der Waals surface area contributed by atoms with Crippen molar-refractivity contribution in [3.8, 4) is 0 Å². The molecule has 0 aromatic rings. The maximum absolute atomic E-state index is 12.8. The number of carboxylic acid groups (broad SMARTS) is 1. The quantitative estimate of drug-likeness (QED) is 0.0729. The summed E-state index contributed by atoms with van der Waals surface area (Å²) in [5.74, 6) is -0.354. The molecule has 1 saturated carbocycles. The number of hydrogen-bond acceptors (Lipinski definition) is 12. The average molecular weight is 702 g/mol. The molecule has 1 rings (SSSR count). The molecule has 0 heterocycles. The molecule has 1 fully saturated rings. The van der Waals surface area contributed by atoms with Crippen LogP contribution in [0.2, 0.25) is 0 Å². The molecule has 0 saturated heterocycles. The molecule has 6 unspecified atom stereocenters. The predicted molar refractivity (Wildman–Crippen MR) is 184 cm³/mol. The number of hydrogen-bond donors (Lipinski definition) is 1. The molecule has 6 atom stereocenters. The highest BCUT2D eigenvalue weighted by Crippen LogP contribution is 2.40. The fourth-order valence-corrected chi connectivity index (χ4v) is 8.00. The monoisotopic (exact) mass is 701 g/mol. The Bertz CT molecular complexity index is 958. The first-order valence-corrected chi connectivity index (χ1v) is 18.6. The summed E-state index contributed by atoms with van der Waals surface area (Å²) >= 11 is 4.01. The van der Waals surface area contributed by atoms with Crippen LogP contribution in [-0.4, -0.2) is 143 Å². The number of thioether (sulfide) groups is 2. The van der Waals surface area contributed by atoms with Gasteiger partial charge in [0.1, 0.15) is 24.2 Å². The van der Waals surface area contributed by atoms with E-state index in [0.29, 0.717) is 30.0 Å². The SMILES string of the molecule is [3H]C(P)OC(=O)CCN(CCN(CC(=O)O)CC(=O)CCCSC1CCC1SCCCC)CCN(CC(C)=O)CC(=O)OC([3H])P. The second-order valence-electron chi connectivity index (χ2n) is 10.8. The van der Waals surface area contributed by atoms with E-state index < -0.39 is 30.6 Å². The van der Waals surface area contributed by atoms with Gasteiger partial charge in [0, 0.05) is 49.6 Å². The van der Waals surface area contributed by atoms with Crippen LogP contribution in [0.15, 0.2) is 0 Å². The minimum Gasteiger partial charge on any atom is -0.480 e. The van der Waals surface area contributed by atoms with Gasteiger partial charge in [0.05, 0.1) is 35.3 Å². The second-order valence-corrected chi connectivity index (χ2v) is 14.0. The molecular formula is C29H53N3O8P2S2. The van der Waals surface area contributed by atoms with Gasteiger partial charge in [-0.2, -0.15) is 23.5 Å². The zero-order chi connectivity index (χ0) is 34.5. The summed E-state index contributed by atoms with van der Waals surface area (Å²) in [6, 6.07) is 0. The summed E-state index contributed by atoms with van der Waals surface area (Å²) in [7, 11) is 4.11. The highest BCUT2D eigenvalue weighted by Gasteiger charge is 2.31. The zero-order valence-corrected chi connectivity index (χ0v) is 30.1. The molecule has 254 valence electrons. The van der Waals surface area contributed by atoms with Crippen LogP contribution < -0.4 is 0 Å². The van der Waals surface area contributed by atoms with Crippen LogP contribution in [0.1, 0.15) is 61.5 Å². The number of ketones is 2. The third-order valence-electron chi connectivity index (χ3n) is 6.97. The lowest BCUT2D eigenvalue weighted by atomic mass is 9.99. The van der Waals surface area contributed by atoms with E-state index >= 15 is 0 Å². The summed E-state index contributed by atoms with van der Waals surface area (Å²) in [5.41, 5.74) is 0. The van der Waals surface area contributed by atoms with Gasteiger partial charge in [-0.15, -0.1) is 0 Å². The van der Waals surface area contributed by atoms with Gasteiger partial charge in [0.15, 0.2) is 0 Å². The third kappa shape index (κ3) is 20.3. The average Bonchev–Trinajstić information content (AvgIpc) is 2.92. The highest BCUT2D eigenvalue weighted by atomic mass is 32.2. The van der Waals surface area contributed by atoms with Crippen LogP contribution in [0, 0.1) is 0 Å². The van der Waals surface area contributed by atoms with Gasteiger partial charge in [-0.1, -0.05) is 31.8 Å². The maximum Gasteiger partial charge on any atom is 0.320 e. The minimum absolute atomic E-state index is 0.00494. The van der Waals surface area contributed by atoms with Gasteiger partial charge >= 0.3 is 17.9 Å². The first-order chi connectivity index (χ1) is 21.8. The fraction of sp³-hybridized carbons (Fsp3) is 0.828. The number of carbonyl (C=O) groups is 5. The van der Waals surface area contributed by atoms with Crippen LogP contribution in [-0.2, 0) is 33.4 Å². The van der Waals surface area contributed by atoms with E-state index in [0.717, 1.165) is 12.2 Å². The molecule has 15 heteroatoms. The Labute approximate surface area is 279 Å². The number of ether oxygens (including phenoxy) is 2. The van der Waals surface area contributed by atoms with Crippen molar-refractivity contribution in [1.82, 2.24) is 14.7 Å². The van der Waals surface area contributed by atoms with Crippen LogP contribution >= 0.6 is 42.0 Å². The highest BCUT2D eigenvalue weighted by molar-refractivity contribution is 8.03. The van der Waals surface area contributed by atoms with Crippen LogP contribution in [0.25, 0.3) is 0 Å². The van der Waals surface area contributed by atoms with Crippen molar-refractivity contribution >= 4 is 71.5 Å². The van der Waals surface area contributed by atoms with Gasteiger partial charge in [-0.25, -0.2) is 0 Å². The van der Waals surface area contributed by atoms with Crippen molar-refractivity contribution in [3.05, 3.63) is 0 Å². The Balaban J connectivity index is 2.71. The lowest BCUT2D eigenvalue weighted by Crippen LogP contribution is -2.44. The number of aliphatic carboxylic acids is 1.